The van der Waals surface area contributed by atoms with Gasteiger partial charge >= 0.3 is 0 Å². The average molecular weight is 263 g/mol. The van der Waals surface area contributed by atoms with Gasteiger partial charge in [-0.15, -0.1) is 11.6 Å². The lowest BCUT2D eigenvalue weighted by Crippen LogP contribution is -2.10. The Morgan fingerprint density at radius 1 is 1.38 bits per heavy atom. The second-order valence-electron chi connectivity index (χ2n) is 3.46. The molecule has 0 atom stereocenters. The SMILES string of the molecule is CCCc1cc(S(=O)(=O)CCCCl)ncn1. The van der Waals surface area contributed by atoms with Gasteiger partial charge in [-0.3, -0.25) is 0 Å². The maximum atomic E-state index is 11.8. The van der Waals surface area contributed by atoms with E-state index in [9.17, 15) is 8.42 Å². The molecule has 1 heterocycles. The summed E-state index contributed by atoms with van der Waals surface area (Å²) in [5.74, 6) is 0.380. The van der Waals surface area contributed by atoms with E-state index in [0.717, 1.165) is 18.5 Å². The van der Waals surface area contributed by atoms with Crippen molar-refractivity contribution in [2.24, 2.45) is 0 Å². The molecule has 0 amide bonds. The Hall–Kier alpha value is -0.680. The van der Waals surface area contributed by atoms with Crippen LogP contribution in [-0.2, 0) is 16.3 Å². The molecule has 0 aliphatic carbocycles. The molecular formula is C10H15ClN2O2S. The molecule has 1 aromatic rings. The Bertz CT molecular complexity index is 434. The summed E-state index contributed by atoms with van der Waals surface area (Å²) < 4.78 is 23.6. The first-order chi connectivity index (χ1) is 7.60. The van der Waals surface area contributed by atoms with Crippen LogP contribution in [0.2, 0.25) is 0 Å². The quantitative estimate of drug-likeness (QED) is 0.580. The fourth-order valence-corrected chi connectivity index (χ4v) is 2.84. The molecular weight excluding hydrogens is 248 g/mol. The van der Waals surface area contributed by atoms with Gasteiger partial charge in [0, 0.05) is 11.6 Å². The fraction of sp³-hybridized carbons (Fsp3) is 0.600. The van der Waals surface area contributed by atoms with Crippen molar-refractivity contribution >= 4 is 21.4 Å². The highest BCUT2D eigenvalue weighted by Gasteiger charge is 2.16. The Kier molecular flexibility index (Phi) is 5.15. The molecule has 0 fully saturated rings. The maximum absolute atomic E-state index is 11.8. The van der Waals surface area contributed by atoms with Crippen molar-refractivity contribution in [3.8, 4) is 0 Å². The number of nitrogens with zero attached hydrogens (tertiary/aromatic N) is 2. The summed E-state index contributed by atoms with van der Waals surface area (Å²) in [5, 5.41) is 0.107. The van der Waals surface area contributed by atoms with Gasteiger partial charge in [-0.25, -0.2) is 18.4 Å². The van der Waals surface area contributed by atoms with Gasteiger partial charge in [-0.1, -0.05) is 13.3 Å². The van der Waals surface area contributed by atoms with E-state index in [1.54, 1.807) is 6.07 Å². The van der Waals surface area contributed by atoms with E-state index in [1.165, 1.54) is 6.33 Å². The van der Waals surface area contributed by atoms with Crippen molar-refractivity contribution in [3.63, 3.8) is 0 Å². The third-order valence-electron chi connectivity index (χ3n) is 2.07. The summed E-state index contributed by atoms with van der Waals surface area (Å²) in [4.78, 5) is 7.83. The smallest absolute Gasteiger partial charge is 0.195 e. The first kappa shape index (κ1) is 13.4. The van der Waals surface area contributed by atoms with Crippen molar-refractivity contribution < 1.29 is 8.42 Å². The number of halogens is 1. The van der Waals surface area contributed by atoms with Crippen molar-refractivity contribution in [2.45, 2.75) is 31.2 Å². The molecule has 4 nitrogen and oxygen atoms in total. The van der Waals surface area contributed by atoms with E-state index < -0.39 is 9.84 Å². The minimum absolute atomic E-state index is 0.0408. The average Bonchev–Trinajstić information content (AvgIpc) is 2.27. The Morgan fingerprint density at radius 2 is 2.12 bits per heavy atom. The van der Waals surface area contributed by atoms with Gasteiger partial charge in [0.15, 0.2) is 14.9 Å². The summed E-state index contributed by atoms with van der Waals surface area (Å²) in [7, 11) is -3.30. The lowest BCUT2D eigenvalue weighted by molar-refractivity contribution is 0.590. The molecule has 0 spiro atoms. The van der Waals surface area contributed by atoms with Crippen LogP contribution in [-0.4, -0.2) is 30.0 Å². The Labute approximate surface area is 101 Å². The largest absolute Gasteiger partial charge is 0.241 e. The van der Waals surface area contributed by atoms with Gasteiger partial charge in [-0.05, 0) is 18.9 Å². The Balaban J connectivity index is 2.90. The minimum Gasteiger partial charge on any atom is -0.241 e. The van der Waals surface area contributed by atoms with Crippen LogP contribution in [0.15, 0.2) is 17.4 Å². The molecule has 1 aromatic heterocycles. The van der Waals surface area contributed by atoms with Crippen LogP contribution in [0.5, 0.6) is 0 Å². The van der Waals surface area contributed by atoms with E-state index in [1.807, 2.05) is 6.92 Å². The minimum atomic E-state index is -3.30. The van der Waals surface area contributed by atoms with Crippen molar-refractivity contribution in [1.82, 2.24) is 9.97 Å². The normalized spacial score (nSPS) is 11.6. The van der Waals surface area contributed by atoms with Crippen LogP contribution in [0.25, 0.3) is 0 Å². The number of hydrogen-bond donors (Lipinski definition) is 0. The number of rotatable bonds is 6. The van der Waals surface area contributed by atoms with Crippen molar-refractivity contribution in [2.75, 3.05) is 11.6 Å². The number of aryl methyl sites for hydroxylation is 1. The van der Waals surface area contributed by atoms with Gasteiger partial charge in [-0.2, -0.15) is 0 Å². The summed E-state index contributed by atoms with van der Waals surface area (Å²) >= 11 is 5.48. The number of aromatic nitrogens is 2. The Morgan fingerprint density at radius 3 is 2.75 bits per heavy atom. The predicted molar refractivity (Wildman–Crippen MR) is 63.4 cm³/mol. The van der Waals surface area contributed by atoms with E-state index in [4.69, 9.17) is 11.6 Å². The molecule has 0 unspecified atom stereocenters. The lowest BCUT2D eigenvalue weighted by Gasteiger charge is -2.03. The molecule has 0 saturated carbocycles. The number of hydrogen-bond acceptors (Lipinski definition) is 4. The summed E-state index contributed by atoms with van der Waals surface area (Å²) in [6, 6.07) is 1.55. The third-order valence-corrected chi connectivity index (χ3v) is 4.02. The zero-order chi connectivity index (χ0) is 12.0. The highest BCUT2D eigenvalue weighted by molar-refractivity contribution is 7.91. The molecule has 0 aromatic carbocycles. The zero-order valence-corrected chi connectivity index (χ0v) is 10.8. The maximum Gasteiger partial charge on any atom is 0.195 e. The van der Waals surface area contributed by atoms with Gasteiger partial charge in [0.25, 0.3) is 0 Å². The topological polar surface area (TPSA) is 59.9 Å². The van der Waals surface area contributed by atoms with Gasteiger partial charge in [0.05, 0.1) is 5.75 Å². The fourth-order valence-electron chi connectivity index (χ4n) is 1.29. The molecule has 6 heteroatoms. The molecule has 0 aliphatic heterocycles. The standard InChI is InChI=1S/C10H15ClN2O2S/c1-2-4-9-7-10(13-8-12-9)16(14,15)6-3-5-11/h7-8H,2-6H2,1H3. The summed E-state index contributed by atoms with van der Waals surface area (Å²) in [6.07, 6.45) is 3.44. The van der Waals surface area contributed by atoms with Crippen LogP contribution in [0, 0.1) is 0 Å². The second kappa shape index (κ2) is 6.15. The first-order valence-corrected chi connectivity index (χ1v) is 7.38. The van der Waals surface area contributed by atoms with Gasteiger partial charge < -0.3 is 0 Å². The highest BCUT2D eigenvalue weighted by Crippen LogP contribution is 2.10. The molecule has 1 rings (SSSR count). The van der Waals surface area contributed by atoms with Crippen LogP contribution >= 0.6 is 11.6 Å². The van der Waals surface area contributed by atoms with Crippen LogP contribution in [0.3, 0.4) is 0 Å². The van der Waals surface area contributed by atoms with E-state index in [0.29, 0.717) is 12.3 Å². The van der Waals surface area contributed by atoms with E-state index >= 15 is 0 Å². The van der Waals surface area contributed by atoms with E-state index in [2.05, 4.69) is 9.97 Å². The number of sulfone groups is 1. The van der Waals surface area contributed by atoms with Crippen molar-refractivity contribution in [3.05, 3.63) is 18.1 Å². The molecule has 0 N–H and O–H groups in total. The third kappa shape index (κ3) is 3.72. The molecule has 90 valence electrons. The van der Waals surface area contributed by atoms with Crippen LogP contribution in [0.4, 0.5) is 0 Å². The first-order valence-electron chi connectivity index (χ1n) is 5.20. The predicted octanol–water partition coefficient (Wildman–Crippen LogP) is 1.83. The zero-order valence-electron chi connectivity index (χ0n) is 9.19. The molecule has 0 aliphatic rings. The van der Waals surface area contributed by atoms with Crippen LogP contribution < -0.4 is 0 Å². The van der Waals surface area contributed by atoms with Crippen molar-refractivity contribution in [1.29, 1.82) is 0 Å². The lowest BCUT2D eigenvalue weighted by atomic mass is 10.2. The van der Waals surface area contributed by atoms with E-state index in [-0.39, 0.29) is 10.8 Å². The second-order valence-corrected chi connectivity index (χ2v) is 5.89. The number of alkyl halides is 1. The van der Waals surface area contributed by atoms with Crippen LogP contribution in [0.1, 0.15) is 25.5 Å². The molecule has 0 saturated heterocycles. The molecule has 0 radical (unpaired) electrons. The summed E-state index contributed by atoms with van der Waals surface area (Å²) in [5.41, 5.74) is 0.766. The molecule has 0 bridgehead atoms. The summed E-state index contributed by atoms with van der Waals surface area (Å²) in [6.45, 7) is 2.02. The highest BCUT2D eigenvalue weighted by atomic mass is 35.5. The van der Waals surface area contributed by atoms with Gasteiger partial charge in [0.2, 0.25) is 0 Å². The molecule has 16 heavy (non-hydrogen) atoms. The monoisotopic (exact) mass is 262 g/mol. The van der Waals surface area contributed by atoms with Gasteiger partial charge in [0.1, 0.15) is 6.33 Å².